The van der Waals surface area contributed by atoms with Crippen LogP contribution in [0.4, 0.5) is 18.0 Å². The summed E-state index contributed by atoms with van der Waals surface area (Å²) in [7, 11) is 0. The molecule has 0 spiro atoms. The van der Waals surface area contributed by atoms with Gasteiger partial charge in [0.05, 0.1) is 12.2 Å². The van der Waals surface area contributed by atoms with Gasteiger partial charge in [-0.25, -0.2) is 4.79 Å². The van der Waals surface area contributed by atoms with E-state index in [4.69, 9.17) is 9.47 Å². The molecule has 0 saturated carbocycles. The van der Waals surface area contributed by atoms with Crippen molar-refractivity contribution in [2.24, 2.45) is 0 Å². The molecule has 0 saturated heterocycles. The van der Waals surface area contributed by atoms with Crippen LogP contribution < -0.4 is 15.4 Å². The Morgan fingerprint density at radius 1 is 1.14 bits per heavy atom. The van der Waals surface area contributed by atoms with Crippen molar-refractivity contribution in [3.63, 3.8) is 0 Å². The van der Waals surface area contributed by atoms with Gasteiger partial charge in [0.25, 0.3) is 0 Å². The largest absolute Gasteiger partial charge is 0.493 e. The predicted molar refractivity (Wildman–Crippen MR) is 96.9 cm³/mol. The van der Waals surface area contributed by atoms with Crippen LogP contribution in [-0.2, 0) is 17.5 Å². The second-order valence-corrected chi connectivity index (χ2v) is 6.38. The summed E-state index contributed by atoms with van der Waals surface area (Å²) >= 11 is 0. The number of carbonyl (C=O) groups excluding carboxylic acids is 1. The molecule has 28 heavy (non-hydrogen) atoms. The lowest BCUT2D eigenvalue weighted by atomic mass is 9.98. The van der Waals surface area contributed by atoms with Gasteiger partial charge >= 0.3 is 12.3 Å². The zero-order valence-corrected chi connectivity index (χ0v) is 15.1. The van der Waals surface area contributed by atoms with Crippen LogP contribution in [0.3, 0.4) is 0 Å². The molecule has 1 aliphatic rings. The summed E-state index contributed by atoms with van der Waals surface area (Å²) in [6, 6.07) is 12.7. The van der Waals surface area contributed by atoms with Crippen molar-refractivity contribution in [3.05, 3.63) is 65.2 Å². The molecule has 3 rings (SSSR count). The predicted octanol–water partition coefficient (Wildman–Crippen LogP) is 4.05. The highest BCUT2D eigenvalue weighted by atomic mass is 19.4. The smallest absolute Gasteiger partial charge is 0.416 e. The first-order chi connectivity index (χ1) is 13.4. The molecule has 1 atom stereocenters. The normalized spacial score (nSPS) is 16.0. The summed E-state index contributed by atoms with van der Waals surface area (Å²) in [4.78, 5) is 11.7. The third-order valence-corrected chi connectivity index (χ3v) is 4.38. The lowest BCUT2D eigenvalue weighted by Crippen LogP contribution is -2.35. The van der Waals surface area contributed by atoms with E-state index in [2.05, 4.69) is 10.6 Å². The number of amides is 1. The average Bonchev–Trinajstić information content (AvgIpc) is 2.69. The Hall–Kier alpha value is -2.74. The van der Waals surface area contributed by atoms with E-state index in [1.807, 2.05) is 30.3 Å². The molecule has 150 valence electrons. The van der Waals surface area contributed by atoms with Gasteiger partial charge in [0, 0.05) is 31.1 Å². The summed E-state index contributed by atoms with van der Waals surface area (Å²) in [5.74, 6) is 0.244. The van der Waals surface area contributed by atoms with Gasteiger partial charge in [0.2, 0.25) is 0 Å². The Bertz CT molecular complexity index is 797. The van der Waals surface area contributed by atoms with Crippen molar-refractivity contribution in [2.45, 2.75) is 25.2 Å². The molecule has 0 bridgehead atoms. The molecule has 1 unspecified atom stereocenters. The highest BCUT2D eigenvalue weighted by Gasteiger charge is 2.32. The van der Waals surface area contributed by atoms with E-state index < -0.39 is 17.8 Å². The van der Waals surface area contributed by atoms with Crippen LogP contribution in [0.1, 0.15) is 29.2 Å². The lowest BCUT2D eigenvalue weighted by Gasteiger charge is -2.27. The van der Waals surface area contributed by atoms with Gasteiger partial charge in [-0.2, -0.15) is 13.2 Å². The molecule has 2 aromatic rings. The summed E-state index contributed by atoms with van der Waals surface area (Å²) in [5.41, 5.74) is 0.855. The minimum atomic E-state index is -4.40. The number of nitrogens with one attached hydrogen (secondary N) is 2. The number of hydrogen-bond donors (Lipinski definition) is 2. The molecule has 1 heterocycles. The quantitative estimate of drug-likeness (QED) is 0.726. The van der Waals surface area contributed by atoms with Crippen molar-refractivity contribution in [1.29, 1.82) is 0 Å². The monoisotopic (exact) mass is 394 g/mol. The van der Waals surface area contributed by atoms with Crippen molar-refractivity contribution in [2.75, 3.05) is 19.7 Å². The minimum absolute atomic E-state index is 0.131. The van der Waals surface area contributed by atoms with Crippen LogP contribution in [0.5, 0.6) is 5.75 Å². The van der Waals surface area contributed by atoms with E-state index >= 15 is 0 Å². The second-order valence-electron chi connectivity index (χ2n) is 6.38. The van der Waals surface area contributed by atoms with Crippen LogP contribution in [0.25, 0.3) is 0 Å². The number of carbonyl (C=O) groups is 1. The maximum Gasteiger partial charge on any atom is 0.416 e. The van der Waals surface area contributed by atoms with E-state index in [0.717, 1.165) is 17.7 Å². The molecule has 1 amide bonds. The molecular weight excluding hydrogens is 373 g/mol. The highest BCUT2D eigenvalue weighted by Crippen LogP contribution is 2.37. The molecule has 0 radical (unpaired) electrons. The summed E-state index contributed by atoms with van der Waals surface area (Å²) in [5, 5.41) is 5.88. The van der Waals surface area contributed by atoms with Crippen LogP contribution in [0, 0.1) is 0 Å². The summed E-state index contributed by atoms with van der Waals surface area (Å²) in [6.07, 6.45) is -4.28. The lowest BCUT2D eigenvalue weighted by molar-refractivity contribution is -0.137. The fraction of sp³-hybridized carbons (Fsp3) is 0.350. The van der Waals surface area contributed by atoms with Crippen molar-refractivity contribution < 1.29 is 27.4 Å². The third kappa shape index (κ3) is 5.39. The number of ether oxygens (including phenoxy) is 2. The van der Waals surface area contributed by atoms with Gasteiger partial charge in [-0.15, -0.1) is 0 Å². The maximum absolute atomic E-state index is 12.8. The topological polar surface area (TPSA) is 59.6 Å². The number of alkyl halides is 3. The molecule has 1 aliphatic heterocycles. The van der Waals surface area contributed by atoms with Crippen molar-refractivity contribution in [1.82, 2.24) is 10.6 Å². The Balaban J connectivity index is 1.44. The molecular formula is C20H21F3N2O3. The average molecular weight is 394 g/mol. The molecule has 5 nitrogen and oxygen atoms in total. The molecule has 8 heteroatoms. The van der Waals surface area contributed by atoms with Gasteiger partial charge in [-0.05, 0) is 17.7 Å². The molecule has 0 aromatic heterocycles. The van der Waals surface area contributed by atoms with E-state index in [-0.39, 0.29) is 18.4 Å². The Morgan fingerprint density at radius 2 is 1.93 bits per heavy atom. The number of benzene rings is 2. The Labute approximate surface area is 160 Å². The van der Waals surface area contributed by atoms with Crippen LogP contribution >= 0.6 is 0 Å². The van der Waals surface area contributed by atoms with E-state index in [9.17, 15) is 18.0 Å². The van der Waals surface area contributed by atoms with Gasteiger partial charge in [0.15, 0.2) is 0 Å². The molecule has 2 N–H and O–H groups in total. The first kappa shape index (κ1) is 20.0. The summed E-state index contributed by atoms with van der Waals surface area (Å²) in [6.45, 7) is 1.31. The maximum atomic E-state index is 12.8. The van der Waals surface area contributed by atoms with E-state index in [1.165, 1.54) is 6.07 Å². The Morgan fingerprint density at radius 3 is 2.68 bits per heavy atom. The van der Waals surface area contributed by atoms with Crippen LogP contribution in [0.15, 0.2) is 48.5 Å². The summed E-state index contributed by atoms with van der Waals surface area (Å²) < 4.78 is 49.0. The van der Waals surface area contributed by atoms with Crippen LogP contribution in [-0.4, -0.2) is 25.8 Å². The first-order valence-corrected chi connectivity index (χ1v) is 8.95. The fourth-order valence-corrected chi connectivity index (χ4v) is 2.96. The zero-order valence-electron chi connectivity index (χ0n) is 15.1. The third-order valence-electron chi connectivity index (χ3n) is 4.38. The molecule has 0 fully saturated rings. The highest BCUT2D eigenvalue weighted by molar-refractivity contribution is 5.67. The molecule has 0 aliphatic carbocycles. The van der Waals surface area contributed by atoms with Gasteiger partial charge in [-0.3, -0.25) is 0 Å². The molecule has 2 aromatic carbocycles. The second kappa shape index (κ2) is 8.97. The van der Waals surface area contributed by atoms with Gasteiger partial charge in [-0.1, -0.05) is 36.4 Å². The van der Waals surface area contributed by atoms with Crippen LogP contribution in [0.2, 0.25) is 0 Å². The van der Waals surface area contributed by atoms with Gasteiger partial charge in [0.1, 0.15) is 12.4 Å². The minimum Gasteiger partial charge on any atom is -0.493 e. The fourth-order valence-electron chi connectivity index (χ4n) is 2.96. The van der Waals surface area contributed by atoms with Gasteiger partial charge < -0.3 is 20.1 Å². The first-order valence-electron chi connectivity index (χ1n) is 8.95. The standard InChI is InChI=1S/C20H21F3N2O3/c21-20(22,23)15-6-7-16-17(8-11-27-18(16)12-15)24-9-10-25-19(26)28-13-14-4-2-1-3-5-14/h1-7,12,17,24H,8-11,13H2,(H,25,26). The number of alkyl carbamates (subject to hydrolysis) is 1. The zero-order chi connectivity index (χ0) is 20.0. The van der Waals surface area contributed by atoms with Crippen molar-refractivity contribution >= 4 is 6.09 Å². The number of halogens is 3. The van der Waals surface area contributed by atoms with E-state index in [1.54, 1.807) is 0 Å². The Kier molecular flexibility index (Phi) is 6.41. The number of rotatable bonds is 6. The van der Waals surface area contributed by atoms with Crippen molar-refractivity contribution in [3.8, 4) is 5.75 Å². The SMILES string of the molecule is O=C(NCCNC1CCOc2cc(C(F)(F)F)ccc21)OCc1ccccc1. The number of fused-ring (bicyclic) bond motifs is 1. The van der Waals surface area contributed by atoms with E-state index in [0.29, 0.717) is 31.7 Å². The number of hydrogen-bond acceptors (Lipinski definition) is 4.